The van der Waals surface area contributed by atoms with Gasteiger partial charge in [0.2, 0.25) is 5.95 Å². The Morgan fingerprint density at radius 3 is 2.90 bits per heavy atom. The molecule has 0 saturated heterocycles. The first-order valence-corrected chi connectivity index (χ1v) is 7.40. The summed E-state index contributed by atoms with van der Waals surface area (Å²) in [5.74, 6) is 1.38. The molecule has 2 saturated carbocycles. The van der Waals surface area contributed by atoms with Crippen molar-refractivity contribution in [2.75, 3.05) is 11.9 Å². The first-order chi connectivity index (χ1) is 10.2. The molecule has 21 heavy (non-hydrogen) atoms. The van der Waals surface area contributed by atoms with Gasteiger partial charge in [0.25, 0.3) is 0 Å². The minimum atomic E-state index is -0.574. The lowest BCUT2D eigenvalue weighted by Gasteiger charge is -2.29. The fourth-order valence-corrected chi connectivity index (χ4v) is 3.84. The van der Waals surface area contributed by atoms with E-state index < -0.39 is 12.2 Å². The molecule has 0 amide bonds. The maximum Gasteiger partial charge on any atom is 0.224 e. The number of hydrogen-bond donors (Lipinski definition) is 3. The summed E-state index contributed by atoms with van der Waals surface area (Å²) in [5.41, 5.74) is 0.679. The lowest BCUT2D eigenvalue weighted by Crippen LogP contribution is -2.38. The number of aliphatic hydroxyl groups is 2. The van der Waals surface area contributed by atoms with Crippen molar-refractivity contribution in [3.63, 3.8) is 0 Å². The highest BCUT2D eigenvalue weighted by atomic mass is 16.3. The van der Waals surface area contributed by atoms with Crippen molar-refractivity contribution in [1.29, 1.82) is 0 Å². The van der Waals surface area contributed by atoms with Gasteiger partial charge in [0.1, 0.15) is 0 Å². The molecular weight excluding hydrogens is 268 g/mol. The van der Waals surface area contributed by atoms with Crippen molar-refractivity contribution in [2.45, 2.75) is 25.0 Å². The summed E-state index contributed by atoms with van der Waals surface area (Å²) in [4.78, 5) is 12.9. The largest absolute Gasteiger partial charge is 0.390 e. The summed E-state index contributed by atoms with van der Waals surface area (Å²) in [6.07, 6.45) is 4.25. The van der Waals surface area contributed by atoms with Crippen molar-refractivity contribution in [3.05, 3.63) is 24.5 Å². The van der Waals surface area contributed by atoms with Gasteiger partial charge in [-0.2, -0.15) is 4.98 Å². The lowest BCUT2D eigenvalue weighted by atomic mass is 9.85. The van der Waals surface area contributed by atoms with Crippen LogP contribution in [0, 0.1) is 17.8 Å². The van der Waals surface area contributed by atoms with Crippen molar-refractivity contribution >= 4 is 17.0 Å². The quantitative estimate of drug-likeness (QED) is 0.773. The molecular formula is C15H18N4O2. The predicted octanol–water partition coefficient (Wildman–Crippen LogP) is 0.814. The normalized spacial score (nSPS) is 34.5. The van der Waals surface area contributed by atoms with Gasteiger partial charge in [0.05, 0.1) is 12.2 Å². The van der Waals surface area contributed by atoms with Crippen LogP contribution in [0.2, 0.25) is 0 Å². The molecule has 0 radical (unpaired) electrons. The summed E-state index contributed by atoms with van der Waals surface area (Å²) in [6, 6.07) is 3.79. The number of aliphatic hydroxyl groups excluding tert-OH is 2. The summed E-state index contributed by atoms with van der Waals surface area (Å²) in [6.45, 7) is 0.725. The van der Waals surface area contributed by atoms with Crippen LogP contribution >= 0.6 is 0 Å². The number of hydrogen-bond acceptors (Lipinski definition) is 6. The standard InChI is InChI=1S/C15H18N4O2/c20-12-9-4-10(11(5-9)13(12)21)7-18-15-17-6-8-2-1-3-16-14(8)19-15/h1-3,6,9-13,20-21H,4-5,7H2,(H,16,17,18,19)/t9-,10-,11-,12+,13-/m1/s1. The first-order valence-electron chi connectivity index (χ1n) is 7.40. The molecule has 4 rings (SSSR count). The fraction of sp³-hybridized carbons (Fsp3) is 0.533. The average Bonchev–Trinajstić information content (AvgIpc) is 3.05. The lowest BCUT2D eigenvalue weighted by molar-refractivity contribution is -0.0317. The molecule has 6 heteroatoms. The van der Waals surface area contributed by atoms with E-state index >= 15 is 0 Å². The molecule has 2 bridgehead atoms. The minimum Gasteiger partial charge on any atom is -0.390 e. The zero-order valence-corrected chi connectivity index (χ0v) is 11.6. The van der Waals surface area contributed by atoms with Gasteiger partial charge in [-0.15, -0.1) is 0 Å². The Morgan fingerprint density at radius 1 is 1.19 bits per heavy atom. The van der Waals surface area contributed by atoms with Crippen LogP contribution in [-0.4, -0.2) is 43.9 Å². The summed E-state index contributed by atoms with van der Waals surface area (Å²) >= 11 is 0. The van der Waals surface area contributed by atoms with Gasteiger partial charge in [0.15, 0.2) is 5.65 Å². The molecule has 2 aromatic rings. The van der Waals surface area contributed by atoms with E-state index in [1.807, 2.05) is 12.1 Å². The van der Waals surface area contributed by atoms with Crippen LogP contribution in [0.25, 0.3) is 11.0 Å². The Morgan fingerprint density at radius 2 is 2.10 bits per heavy atom. The van der Waals surface area contributed by atoms with Gasteiger partial charge in [0, 0.05) is 24.3 Å². The fourth-order valence-electron chi connectivity index (χ4n) is 3.84. The van der Waals surface area contributed by atoms with Crippen LogP contribution in [0.1, 0.15) is 12.8 Å². The maximum atomic E-state index is 9.98. The SMILES string of the molecule is O[C@H]1[C@@H]2C[C@H](CNc3ncc4cccnc4n3)[C@@H](C2)[C@H]1O. The van der Waals surface area contributed by atoms with Gasteiger partial charge in [-0.25, -0.2) is 9.97 Å². The predicted molar refractivity (Wildman–Crippen MR) is 77.5 cm³/mol. The molecule has 0 spiro atoms. The van der Waals surface area contributed by atoms with Gasteiger partial charge in [-0.1, -0.05) is 0 Å². The Bertz CT molecular complexity index is 663. The third-order valence-electron chi connectivity index (χ3n) is 4.93. The molecule has 2 aromatic heterocycles. The number of pyridine rings is 1. The van der Waals surface area contributed by atoms with Crippen LogP contribution in [-0.2, 0) is 0 Å². The monoisotopic (exact) mass is 286 g/mol. The van der Waals surface area contributed by atoms with E-state index in [9.17, 15) is 10.2 Å². The van der Waals surface area contributed by atoms with Gasteiger partial charge in [-0.3, -0.25) is 0 Å². The second-order valence-corrected chi connectivity index (χ2v) is 6.13. The van der Waals surface area contributed by atoms with Crippen LogP contribution in [0.15, 0.2) is 24.5 Å². The Labute approximate surface area is 122 Å². The van der Waals surface area contributed by atoms with Gasteiger partial charge >= 0.3 is 0 Å². The molecule has 0 aromatic carbocycles. The van der Waals surface area contributed by atoms with Gasteiger partial charge in [-0.05, 0) is 42.7 Å². The zero-order valence-electron chi connectivity index (χ0n) is 11.6. The zero-order chi connectivity index (χ0) is 14.4. The highest BCUT2D eigenvalue weighted by molar-refractivity contribution is 5.74. The Kier molecular flexibility index (Phi) is 3.01. The third-order valence-corrected chi connectivity index (χ3v) is 4.93. The molecule has 2 aliphatic carbocycles. The summed E-state index contributed by atoms with van der Waals surface area (Å²) in [5, 5.41) is 23.9. The van der Waals surface area contributed by atoms with Crippen molar-refractivity contribution in [2.24, 2.45) is 17.8 Å². The van der Waals surface area contributed by atoms with E-state index in [-0.39, 0.29) is 11.8 Å². The summed E-state index contributed by atoms with van der Waals surface area (Å²) in [7, 11) is 0. The third kappa shape index (κ3) is 2.15. The van der Waals surface area contributed by atoms with Crippen LogP contribution in [0.5, 0.6) is 0 Å². The smallest absolute Gasteiger partial charge is 0.224 e. The van der Waals surface area contributed by atoms with Crippen molar-refractivity contribution < 1.29 is 10.2 Å². The van der Waals surface area contributed by atoms with Crippen LogP contribution < -0.4 is 5.32 Å². The van der Waals surface area contributed by atoms with Crippen LogP contribution in [0.4, 0.5) is 5.95 Å². The summed E-state index contributed by atoms with van der Waals surface area (Å²) < 4.78 is 0. The van der Waals surface area contributed by atoms with E-state index in [1.54, 1.807) is 12.4 Å². The molecule has 0 unspecified atom stereocenters. The molecule has 110 valence electrons. The number of nitrogens with one attached hydrogen (secondary N) is 1. The minimum absolute atomic E-state index is 0.191. The van der Waals surface area contributed by atoms with E-state index in [1.165, 1.54) is 0 Å². The number of rotatable bonds is 3. The Balaban J connectivity index is 1.45. The highest BCUT2D eigenvalue weighted by Gasteiger charge is 2.51. The molecule has 2 fully saturated rings. The number of fused-ring (bicyclic) bond motifs is 3. The van der Waals surface area contributed by atoms with E-state index in [0.717, 1.165) is 24.8 Å². The van der Waals surface area contributed by atoms with E-state index in [0.29, 0.717) is 17.5 Å². The molecule has 6 nitrogen and oxygen atoms in total. The first kappa shape index (κ1) is 12.9. The number of aromatic nitrogens is 3. The second kappa shape index (κ2) is 4.89. The van der Waals surface area contributed by atoms with Crippen molar-refractivity contribution in [1.82, 2.24) is 15.0 Å². The second-order valence-electron chi connectivity index (χ2n) is 6.13. The van der Waals surface area contributed by atoms with Gasteiger partial charge < -0.3 is 15.5 Å². The number of nitrogens with zero attached hydrogens (tertiary/aromatic N) is 3. The van der Waals surface area contributed by atoms with E-state index in [4.69, 9.17) is 0 Å². The highest BCUT2D eigenvalue weighted by Crippen LogP contribution is 2.48. The maximum absolute atomic E-state index is 9.98. The number of anilines is 1. The van der Waals surface area contributed by atoms with E-state index in [2.05, 4.69) is 20.3 Å². The molecule has 5 atom stereocenters. The molecule has 0 aliphatic heterocycles. The van der Waals surface area contributed by atoms with Crippen molar-refractivity contribution in [3.8, 4) is 0 Å². The molecule has 3 N–H and O–H groups in total. The Hall–Kier alpha value is -1.79. The topological polar surface area (TPSA) is 91.2 Å². The molecule has 2 heterocycles. The van der Waals surface area contributed by atoms with Crippen LogP contribution in [0.3, 0.4) is 0 Å². The average molecular weight is 286 g/mol. The molecule has 2 aliphatic rings.